The SMILES string of the molecule is CC(C)C1=CSCc2ccccc21. The zero-order chi connectivity index (χ0) is 9.26. The Labute approximate surface area is 84.0 Å². The fourth-order valence-electron chi connectivity index (χ4n) is 1.66. The number of allylic oxidation sites excluding steroid dienone is 1. The Balaban J connectivity index is 2.47. The van der Waals surface area contributed by atoms with Gasteiger partial charge in [-0.2, -0.15) is 0 Å². The van der Waals surface area contributed by atoms with Gasteiger partial charge in [0.05, 0.1) is 0 Å². The van der Waals surface area contributed by atoms with E-state index < -0.39 is 0 Å². The number of rotatable bonds is 1. The van der Waals surface area contributed by atoms with Crippen LogP contribution >= 0.6 is 11.8 Å². The van der Waals surface area contributed by atoms with Crippen molar-refractivity contribution in [3.8, 4) is 0 Å². The van der Waals surface area contributed by atoms with Crippen LogP contribution in [-0.4, -0.2) is 0 Å². The normalized spacial score (nSPS) is 15.5. The Kier molecular flexibility index (Phi) is 2.45. The Morgan fingerprint density at radius 2 is 2.00 bits per heavy atom. The van der Waals surface area contributed by atoms with Gasteiger partial charge in [-0.05, 0) is 28.0 Å². The van der Waals surface area contributed by atoms with Crippen molar-refractivity contribution in [1.82, 2.24) is 0 Å². The highest BCUT2D eigenvalue weighted by Crippen LogP contribution is 2.35. The molecule has 1 heterocycles. The molecule has 0 radical (unpaired) electrons. The largest absolute Gasteiger partial charge is 0.129 e. The predicted molar refractivity (Wildman–Crippen MR) is 60.6 cm³/mol. The van der Waals surface area contributed by atoms with E-state index in [0.717, 1.165) is 5.75 Å². The summed E-state index contributed by atoms with van der Waals surface area (Å²) in [5.41, 5.74) is 4.43. The Morgan fingerprint density at radius 1 is 1.23 bits per heavy atom. The molecule has 0 bridgehead atoms. The van der Waals surface area contributed by atoms with Crippen LogP contribution in [0, 0.1) is 5.92 Å². The van der Waals surface area contributed by atoms with E-state index in [2.05, 4.69) is 43.5 Å². The van der Waals surface area contributed by atoms with Gasteiger partial charge >= 0.3 is 0 Å². The van der Waals surface area contributed by atoms with Crippen molar-refractivity contribution in [2.75, 3.05) is 0 Å². The van der Waals surface area contributed by atoms with Crippen LogP contribution in [0.1, 0.15) is 25.0 Å². The minimum Gasteiger partial charge on any atom is -0.129 e. The van der Waals surface area contributed by atoms with Gasteiger partial charge in [0, 0.05) is 5.75 Å². The molecule has 68 valence electrons. The second kappa shape index (κ2) is 3.59. The first-order chi connectivity index (χ1) is 6.29. The second-order valence-corrected chi connectivity index (χ2v) is 4.55. The van der Waals surface area contributed by atoms with Gasteiger partial charge in [-0.15, -0.1) is 11.8 Å². The molecule has 0 aromatic heterocycles. The molecule has 0 saturated carbocycles. The smallest absolute Gasteiger partial charge is 0.0232 e. The average Bonchev–Trinajstić information content (AvgIpc) is 2.17. The summed E-state index contributed by atoms with van der Waals surface area (Å²) < 4.78 is 0. The van der Waals surface area contributed by atoms with E-state index in [1.165, 1.54) is 16.7 Å². The fraction of sp³-hybridized carbons (Fsp3) is 0.333. The van der Waals surface area contributed by atoms with Crippen molar-refractivity contribution in [3.63, 3.8) is 0 Å². The first kappa shape index (κ1) is 8.89. The van der Waals surface area contributed by atoms with Crippen LogP contribution in [-0.2, 0) is 5.75 Å². The third-order valence-electron chi connectivity index (χ3n) is 2.40. The van der Waals surface area contributed by atoms with Crippen molar-refractivity contribution in [2.45, 2.75) is 19.6 Å². The molecular formula is C12H14S. The highest BCUT2D eigenvalue weighted by Gasteiger charge is 2.13. The van der Waals surface area contributed by atoms with Crippen LogP contribution < -0.4 is 0 Å². The van der Waals surface area contributed by atoms with Crippen molar-refractivity contribution >= 4 is 17.3 Å². The third kappa shape index (κ3) is 1.66. The summed E-state index contributed by atoms with van der Waals surface area (Å²) in [5.74, 6) is 1.76. The van der Waals surface area contributed by atoms with E-state index in [-0.39, 0.29) is 0 Å². The van der Waals surface area contributed by atoms with Gasteiger partial charge in [-0.1, -0.05) is 38.1 Å². The quantitative estimate of drug-likeness (QED) is 0.646. The molecule has 1 aromatic rings. The van der Waals surface area contributed by atoms with E-state index in [1.807, 2.05) is 11.8 Å². The van der Waals surface area contributed by atoms with Gasteiger partial charge in [0.1, 0.15) is 0 Å². The minimum absolute atomic E-state index is 0.633. The highest BCUT2D eigenvalue weighted by molar-refractivity contribution is 8.01. The Bertz CT molecular complexity index is 337. The molecule has 0 saturated heterocycles. The number of hydrogen-bond donors (Lipinski definition) is 0. The minimum atomic E-state index is 0.633. The molecule has 13 heavy (non-hydrogen) atoms. The molecule has 0 fully saturated rings. The topological polar surface area (TPSA) is 0 Å². The van der Waals surface area contributed by atoms with E-state index in [1.54, 1.807) is 0 Å². The van der Waals surface area contributed by atoms with E-state index in [4.69, 9.17) is 0 Å². The summed E-state index contributed by atoms with van der Waals surface area (Å²) >= 11 is 1.91. The van der Waals surface area contributed by atoms with Crippen LogP contribution in [0.2, 0.25) is 0 Å². The summed E-state index contributed by atoms with van der Waals surface area (Å²) in [6.45, 7) is 4.52. The van der Waals surface area contributed by atoms with Crippen molar-refractivity contribution in [3.05, 3.63) is 40.8 Å². The van der Waals surface area contributed by atoms with Crippen LogP contribution in [0.5, 0.6) is 0 Å². The first-order valence-electron chi connectivity index (χ1n) is 4.69. The molecule has 2 rings (SSSR count). The Morgan fingerprint density at radius 3 is 2.77 bits per heavy atom. The predicted octanol–water partition coefficient (Wildman–Crippen LogP) is 3.93. The number of hydrogen-bond acceptors (Lipinski definition) is 1. The summed E-state index contributed by atoms with van der Waals surface area (Å²) in [5, 5.41) is 2.31. The lowest BCUT2D eigenvalue weighted by molar-refractivity contribution is 0.854. The van der Waals surface area contributed by atoms with Crippen molar-refractivity contribution in [1.29, 1.82) is 0 Å². The molecular weight excluding hydrogens is 176 g/mol. The number of benzene rings is 1. The van der Waals surface area contributed by atoms with Crippen molar-refractivity contribution < 1.29 is 0 Å². The Hall–Kier alpha value is -0.690. The van der Waals surface area contributed by atoms with Crippen LogP contribution in [0.3, 0.4) is 0 Å². The molecule has 0 aliphatic carbocycles. The lowest BCUT2D eigenvalue weighted by Gasteiger charge is -2.19. The standard InChI is InChI=1S/C12H14S/c1-9(2)12-8-13-7-10-5-3-4-6-11(10)12/h3-6,8-9H,7H2,1-2H3. The zero-order valence-electron chi connectivity index (χ0n) is 8.08. The second-order valence-electron chi connectivity index (χ2n) is 3.70. The van der Waals surface area contributed by atoms with Crippen LogP contribution in [0.4, 0.5) is 0 Å². The molecule has 1 aromatic carbocycles. The lowest BCUT2D eigenvalue weighted by Crippen LogP contribution is -2.00. The summed E-state index contributed by atoms with van der Waals surface area (Å²) in [7, 11) is 0. The summed E-state index contributed by atoms with van der Waals surface area (Å²) in [6.07, 6.45) is 0. The van der Waals surface area contributed by atoms with Crippen LogP contribution in [0.15, 0.2) is 29.7 Å². The summed E-state index contributed by atoms with van der Waals surface area (Å²) in [6, 6.07) is 8.73. The fourth-order valence-corrected chi connectivity index (χ4v) is 2.75. The maximum absolute atomic E-state index is 2.31. The van der Waals surface area contributed by atoms with Crippen molar-refractivity contribution in [2.24, 2.45) is 5.92 Å². The van der Waals surface area contributed by atoms with Gasteiger partial charge in [0.15, 0.2) is 0 Å². The van der Waals surface area contributed by atoms with Gasteiger partial charge in [0.2, 0.25) is 0 Å². The molecule has 0 amide bonds. The molecule has 1 heteroatoms. The average molecular weight is 190 g/mol. The lowest BCUT2D eigenvalue weighted by atomic mass is 9.93. The molecule has 1 aliphatic heterocycles. The first-order valence-corrected chi connectivity index (χ1v) is 5.74. The van der Waals surface area contributed by atoms with E-state index >= 15 is 0 Å². The van der Waals surface area contributed by atoms with Gasteiger partial charge in [0.25, 0.3) is 0 Å². The summed E-state index contributed by atoms with van der Waals surface area (Å²) in [4.78, 5) is 0. The van der Waals surface area contributed by atoms with E-state index in [0.29, 0.717) is 5.92 Å². The van der Waals surface area contributed by atoms with E-state index in [9.17, 15) is 0 Å². The monoisotopic (exact) mass is 190 g/mol. The molecule has 0 unspecified atom stereocenters. The molecule has 0 spiro atoms. The molecule has 0 nitrogen and oxygen atoms in total. The molecule has 0 N–H and O–H groups in total. The van der Waals surface area contributed by atoms with Crippen LogP contribution in [0.25, 0.3) is 5.57 Å². The van der Waals surface area contributed by atoms with Gasteiger partial charge in [-0.3, -0.25) is 0 Å². The third-order valence-corrected chi connectivity index (χ3v) is 3.30. The maximum atomic E-state index is 2.31. The highest BCUT2D eigenvalue weighted by atomic mass is 32.2. The number of fused-ring (bicyclic) bond motifs is 1. The molecule has 0 atom stereocenters. The zero-order valence-corrected chi connectivity index (χ0v) is 8.90. The number of thioether (sulfide) groups is 1. The van der Waals surface area contributed by atoms with Gasteiger partial charge < -0.3 is 0 Å². The molecule has 1 aliphatic rings. The van der Waals surface area contributed by atoms with Gasteiger partial charge in [-0.25, -0.2) is 0 Å². The maximum Gasteiger partial charge on any atom is 0.0232 e.